The van der Waals surface area contributed by atoms with Gasteiger partial charge in [-0.3, -0.25) is 5.32 Å². The number of hydrogen-bond donors (Lipinski definition) is 2. The van der Waals surface area contributed by atoms with Crippen LogP contribution in [0, 0.1) is 0 Å². The number of nitrogens with zero attached hydrogens (tertiary/aromatic N) is 2. The Bertz CT molecular complexity index is 2040. The Hall–Kier alpha value is -5.45. The highest BCUT2D eigenvalue weighted by Gasteiger charge is 2.26. The van der Waals surface area contributed by atoms with E-state index in [1.807, 2.05) is 0 Å². The Kier molecular flexibility index (Phi) is 6.32. The summed E-state index contributed by atoms with van der Waals surface area (Å²) in [6.45, 7) is 0. The van der Waals surface area contributed by atoms with Gasteiger partial charge in [0.2, 0.25) is 0 Å². The Morgan fingerprint density at radius 1 is 0.488 bits per heavy atom. The van der Waals surface area contributed by atoms with Gasteiger partial charge < -0.3 is 9.88 Å². The first-order valence-corrected chi connectivity index (χ1v) is 14.7. The second kappa shape index (κ2) is 10.8. The van der Waals surface area contributed by atoms with Crippen molar-refractivity contribution in [1.29, 1.82) is 0 Å². The molecule has 43 heavy (non-hydrogen) atoms. The van der Waals surface area contributed by atoms with Crippen molar-refractivity contribution in [1.82, 2.24) is 15.2 Å². The number of aromatic nitrogens is 1. The first-order valence-electron chi connectivity index (χ1n) is 14.7. The maximum atomic E-state index is 5.27. The molecule has 0 saturated heterocycles. The SMILES string of the molecule is c1ccc(-c2cccc(C3N=C(c4cccc(-n5c6ccccc6c6ccccc65)c4)NC(c4ccccc4)N3)c2)cc1. The van der Waals surface area contributed by atoms with Crippen LogP contribution in [0.3, 0.4) is 0 Å². The number of fused-ring (bicyclic) bond motifs is 3. The molecule has 4 nitrogen and oxygen atoms in total. The highest BCUT2D eigenvalue weighted by molar-refractivity contribution is 6.09. The second-order valence-corrected chi connectivity index (χ2v) is 10.9. The van der Waals surface area contributed by atoms with Crippen molar-refractivity contribution in [3.63, 3.8) is 0 Å². The molecule has 206 valence electrons. The molecule has 7 aromatic rings. The molecule has 8 rings (SSSR count). The predicted octanol–water partition coefficient (Wildman–Crippen LogP) is 8.79. The van der Waals surface area contributed by atoms with Gasteiger partial charge in [0.25, 0.3) is 0 Å². The summed E-state index contributed by atoms with van der Waals surface area (Å²) >= 11 is 0. The summed E-state index contributed by atoms with van der Waals surface area (Å²) in [5.74, 6) is 0.866. The van der Waals surface area contributed by atoms with Crippen LogP contribution in [0.2, 0.25) is 0 Å². The lowest BCUT2D eigenvalue weighted by atomic mass is 10.0. The van der Waals surface area contributed by atoms with Crippen LogP contribution in [0.4, 0.5) is 0 Å². The fraction of sp³-hybridized carbons (Fsp3) is 0.0513. The molecule has 4 heteroatoms. The van der Waals surface area contributed by atoms with Crippen molar-refractivity contribution in [2.45, 2.75) is 12.3 Å². The van der Waals surface area contributed by atoms with Crippen molar-refractivity contribution in [3.8, 4) is 16.8 Å². The molecule has 6 aromatic carbocycles. The minimum Gasteiger partial charge on any atom is -0.350 e. The molecule has 1 aliphatic heterocycles. The Labute approximate surface area is 251 Å². The van der Waals surface area contributed by atoms with Gasteiger partial charge in [-0.05, 0) is 52.6 Å². The molecule has 2 N–H and O–H groups in total. The van der Waals surface area contributed by atoms with E-state index in [0.717, 1.165) is 28.2 Å². The van der Waals surface area contributed by atoms with Crippen LogP contribution in [0.5, 0.6) is 0 Å². The van der Waals surface area contributed by atoms with Crippen LogP contribution in [-0.2, 0) is 0 Å². The summed E-state index contributed by atoms with van der Waals surface area (Å²) in [5, 5.41) is 9.97. The monoisotopic (exact) mass is 554 g/mol. The molecular formula is C39H30N4. The lowest BCUT2D eigenvalue weighted by molar-refractivity contribution is 0.409. The fourth-order valence-corrected chi connectivity index (χ4v) is 6.21. The van der Waals surface area contributed by atoms with E-state index < -0.39 is 0 Å². The standard InChI is InChI=1S/C39H30N4/c1-3-13-27(14-4-1)29-17-11-18-30(25-29)38-40-37(28-15-5-2-6-16-28)41-39(42-38)31-19-12-20-32(26-31)43-35-23-9-7-21-33(35)34-22-8-10-24-36(34)43/h1-26,37-38,40H,(H,41,42). The Balaban J connectivity index is 1.24. The molecule has 0 spiro atoms. The van der Waals surface area contributed by atoms with Crippen LogP contribution >= 0.6 is 0 Å². The van der Waals surface area contributed by atoms with Gasteiger partial charge in [0, 0.05) is 22.0 Å². The van der Waals surface area contributed by atoms with Crippen molar-refractivity contribution in [3.05, 3.63) is 174 Å². The molecule has 0 fully saturated rings. The zero-order valence-corrected chi connectivity index (χ0v) is 23.6. The first kappa shape index (κ1) is 25.3. The third kappa shape index (κ3) is 4.68. The third-order valence-corrected chi connectivity index (χ3v) is 8.26. The molecule has 0 saturated carbocycles. The number of amidine groups is 1. The van der Waals surface area contributed by atoms with Crippen LogP contribution in [0.15, 0.2) is 163 Å². The molecule has 2 heterocycles. The Morgan fingerprint density at radius 2 is 1.07 bits per heavy atom. The summed E-state index contributed by atoms with van der Waals surface area (Å²) in [4.78, 5) is 5.27. The van der Waals surface area contributed by atoms with Crippen molar-refractivity contribution >= 4 is 27.6 Å². The van der Waals surface area contributed by atoms with E-state index >= 15 is 0 Å². The molecule has 0 amide bonds. The summed E-state index contributed by atoms with van der Waals surface area (Å²) < 4.78 is 2.35. The number of rotatable bonds is 5. The van der Waals surface area contributed by atoms with Gasteiger partial charge in [-0.1, -0.05) is 127 Å². The number of hydrogen-bond acceptors (Lipinski definition) is 3. The largest absolute Gasteiger partial charge is 0.350 e. The van der Waals surface area contributed by atoms with Crippen LogP contribution in [0.1, 0.15) is 29.0 Å². The van der Waals surface area contributed by atoms with Gasteiger partial charge in [0.15, 0.2) is 0 Å². The number of benzene rings is 6. The van der Waals surface area contributed by atoms with Crippen molar-refractivity contribution < 1.29 is 0 Å². The smallest absolute Gasteiger partial charge is 0.131 e. The van der Waals surface area contributed by atoms with Gasteiger partial charge in [-0.15, -0.1) is 0 Å². The van der Waals surface area contributed by atoms with Gasteiger partial charge in [-0.25, -0.2) is 4.99 Å². The third-order valence-electron chi connectivity index (χ3n) is 8.26. The number of nitrogens with one attached hydrogen (secondary N) is 2. The number of aliphatic imine (C=N–C) groups is 1. The molecule has 2 unspecified atom stereocenters. The van der Waals surface area contributed by atoms with E-state index in [-0.39, 0.29) is 12.3 Å². The highest BCUT2D eigenvalue weighted by atomic mass is 15.3. The van der Waals surface area contributed by atoms with Gasteiger partial charge in [0.05, 0.1) is 11.0 Å². The fourth-order valence-electron chi connectivity index (χ4n) is 6.21. The van der Waals surface area contributed by atoms with Gasteiger partial charge in [0.1, 0.15) is 18.2 Å². The van der Waals surface area contributed by atoms with Gasteiger partial charge >= 0.3 is 0 Å². The van der Waals surface area contributed by atoms with Gasteiger partial charge in [-0.2, -0.15) is 0 Å². The molecule has 0 bridgehead atoms. The normalized spacial score (nSPS) is 16.6. The zero-order valence-electron chi connectivity index (χ0n) is 23.6. The number of para-hydroxylation sites is 2. The minimum absolute atomic E-state index is 0.101. The lowest BCUT2D eigenvalue weighted by Crippen LogP contribution is -2.45. The second-order valence-electron chi connectivity index (χ2n) is 10.9. The molecule has 2 atom stereocenters. The van der Waals surface area contributed by atoms with Crippen LogP contribution in [0.25, 0.3) is 38.6 Å². The quantitative estimate of drug-likeness (QED) is 0.223. The summed E-state index contributed by atoms with van der Waals surface area (Å²) in [7, 11) is 0. The van der Waals surface area contributed by atoms with Crippen molar-refractivity contribution in [2.24, 2.45) is 4.99 Å². The van der Waals surface area contributed by atoms with Crippen molar-refractivity contribution in [2.75, 3.05) is 0 Å². The summed E-state index contributed by atoms with van der Waals surface area (Å²) in [6, 6.07) is 55.7. The average molecular weight is 555 g/mol. The lowest BCUT2D eigenvalue weighted by Gasteiger charge is -2.32. The average Bonchev–Trinajstić information content (AvgIpc) is 3.43. The predicted molar refractivity (Wildman–Crippen MR) is 177 cm³/mol. The van der Waals surface area contributed by atoms with E-state index in [0.29, 0.717) is 0 Å². The highest BCUT2D eigenvalue weighted by Crippen LogP contribution is 2.33. The van der Waals surface area contributed by atoms with E-state index in [1.54, 1.807) is 0 Å². The Morgan fingerprint density at radius 3 is 1.81 bits per heavy atom. The minimum atomic E-state index is -0.220. The van der Waals surface area contributed by atoms with Crippen LogP contribution in [-0.4, -0.2) is 10.4 Å². The zero-order chi connectivity index (χ0) is 28.6. The molecule has 0 radical (unpaired) electrons. The topological polar surface area (TPSA) is 41.4 Å². The molecule has 1 aromatic heterocycles. The van der Waals surface area contributed by atoms with E-state index in [1.165, 1.54) is 32.9 Å². The maximum absolute atomic E-state index is 5.27. The molecular weight excluding hydrogens is 524 g/mol. The maximum Gasteiger partial charge on any atom is 0.131 e. The first-order chi connectivity index (χ1) is 21.3. The molecule has 1 aliphatic rings. The summed E-state index contributed by atoms with van der Waals surface area (Å²) in [5.41, 5.74) is 9.21. The van der Waals surface area contributed by atoms with E-state index in [4.69, 9.17) is 4.99 Å². The molecule has 0 aliphatic carbocycles. The van der Waals surface area contributed by atoms with E-state index in [2.05, 4.69) is 173 Å². The van der Waals surface area contributed by atoms with E-state index in [9.17, 15) is 0 Å². The van der Waals surface area contributed by atoms with Crippen LogP contribution < -0.4 is 10.6 Å². The summed E-state index contributed by atoms with van der Waals surface area (Å²) in [6.07, 6.45) is -0.321.